The lowest BCUT2D eigenvalue weighted by atomic mass is 10.2. The van der Waals surface area contributed by atoms with Gasteiger partial charge in [0.2, 0.25) is 11.8 Å². The second kappa shape index (κ2) is 4.74. The van der Waals surface area contributed by atoms with Crippen LogP contribution in [-0.2, 0) is 9.59 Å². The number of likely N-dealkylation sites (N-methyl/N-ethyl adjacent to an activating group) is 1. The molecule has 0 aromatic heterocycles. The third-order valence-electron chi connectivity index (χ3n) is 1.82. The molecule has 1 atom stereocenters. The zero-order valence-corrected chi connectivity index (χ0v) is 7.83. The fourth-order valence-corrected chi connectivity index (χ4v) is 1.14. The summed E-state index contributed by atoms with van der Waals surface area (Å²) in [7, 11) is 1.60. The van der Waals surface area contributed by atoms with Crippen LogP contribution >= 0.6 is 0 Å². The van der Waals surface area contributed by atoms with E-state index in [1.807, 2.05) is 13.8 Å². The Kier molecular flexibility index (Phi) is 4.33. The lowest BCUT2D eigenvalue weighted by Crippen LogP contribution is -2.39. The molecular weight excluding hydrogens is 156 g/mol. The molecule has 1 fully saturated rings. The van der Waals surface area contributed by atoms with Gasteiger partial charge in [-0.15, -0.1) is 0 Å². The highest BCUT2D eigenvalue weighted by Gasteiger charge is 2.31. The predicted molar refractivity (Wildman–Crippen MR) is 46.3 cm³/mol. The second-order valence-electron chi connectivity index (χ2n) is 2.46. The van der Waals surface area contributed by atoms with Gasteiger partial charge in [0.05, 0.1) is 0 Å². The minimum atomic E-state index is -0.409. The topological polar surface area (TPSA) is 63.4 Å². The Hall–Kier alpha value is -1.06. The molecule has 0 saturated carbocycles. The summed E-state index contributed by atoms with van der Waals surface area (Å²) < 4.78 is 0. The molecule has 0 aromatic carbocycles. The Morgan fingerprint density at radius 3 is 2.25 bits per heavy atom. The van der Waals surface area contributed by atoms with E-state index in [1.165, 1.54) is 4.90 Å². The van der Waals surface area contributed by atoms with Crippen LogP contribution in [0.5, 0.6) is 0 Å². The molecular formula is C8H16N2O2. The number of nitrogens with zero attached hydrogens (tertiary/aromatic N) is 1. The van der Waals surface area contributed by atoms with Gasteiger partial charge in [-0.2, -0.15) is 0 Å². The highest BCUT2D eigenvalue weighted by molar-refractivity contribution is 5.89. The number of primary amides is 1. The molecule has 4 nitrogen and oxygen atoms in total. The van der Waals surface area contributed by atoms with Crippen LogP contribution in [0.4, 0.5) is 0 Å². The van der Waals surface area contributed by atoms with E-state index in [2.05, 4.69) is 0 Å². The summed E-state index contributed by atoms with van der Waals surface area (Å²) in [6.07, 6.45) is 1.02. The van der Waals surface area contributed by atoms with E-state index in [4.69, 9.17) is 5.73 Å². The van der Waals surface area contributed by atoms with Crippen LogP contribution in [-0.4, -0.2) is 29.8 Å². The van der Waals surface area contributed by atoms with E-state index in [1.54, 1.807) is 7.05 Å². The predicted octanol–water partition coefficient (Wildman–Crippen LogP) is 0.119. The van der Waals surface area contributed by atoms with Crippen molar-refractivity contribution in [3.8, 4) is 0 Å². The van der Waals surface area contributed by atoms with Crippen molar-refractivity contribution in [1.29, 1.82) is 0 Å². The van der Waals surface area contributed by atoms with E-state index < -0.39 is 5.91 Å². The van der Waals surface area contributed by atoms with Crippen molar-refractivity contribution in [2.45, 2.75) is 32.7 Å². The number of carbonyl (C=O) groups excluding carboxylic acids is 2. The van der Waals surface area contributed by atoms with Crippen molar-refractivity contribution >= 4 is 11.8 Å². The number of nitrogens with two attached hydrogens (primary N) is 1. The van der Waals surface area contributed by atoms with Crippen LogP contribution in [0.15, 0.2) is 0 Å². The third-order valence-corrected chi connectivity index (χ3v) is 1.82. The van der Waals surface area contributed by atoms with E-state index in [0.29, 0.717) is 12.8 Å². The molecule has 0 aromatic rings. The molecule has 1 aliphatic heterocycles. The van der Waals surface area contributed by atoms with Crippen molar-refractivity contribution in [1.82, 2.24) is 4.90 Å². The molecule has 1 aliphatic rings. The standard InChI is InChI=1S/C6H10N2O2.C2H6/c1-8-4(6(7)10)2-3-5(8)9;1-2/h4H,2-3H2,1H3,(H2,7,10);1-2H3. The maximum atomic E-state index is 10.8. The number of rotatable bonds is 1. The van der Waals surface area contributed by atoms with Gasteiger partial charge in [-0.25, -0.2) is 0 Å². The number of hydrogen-bond acceptors (Lipinski definition) is 2. The van der Waals surface area contributed by atoms with Crippen LogP contribution in [0.25, 0.3) is 0 Å². The Labute approximate surface area is 72.7 Å². The van der Waals surface area contributed by atoms with Crippen LogP contribution in [0, 0.1) is 0 Å². The summed E-state index contributed by atoms with van der Waals surface area (Å²) in [4.78, 5) is 22.8. The van der Waals surface area contributed by atoms with Crippen LogP contribution in [0.1, 0.15) is 26.7 Å². The quantitative estimate of drug-likeness (QED) is 0.610. The highest BCUT2D eigenvalue weighted by atomic mass is 16.2. The van der Waals surface area contributed by atoms with Crippen molar-refractivity contribution in [3.05, 3.63) is 0 Å². The number of hydrogen-bond donors (Lipinski definition) is 1. The van der Waals surface area contributed by atoms with Gasteiger partial charge in [-0.3, -0.25) is 9.59 Å². The maximum Gasteiger partial charge on any atom is 0.240 e. The minimum absolute atomic E-state index is 0.00352. The summed E-state index contributed by atoms with van der Waals surface area (Å²) in [5.74, 6) is -0.405. The summed E-state index contributed by atoms with van der Waals surface area (Å²) in [5.41, 5.74) is 5.02. The Balaban J connectivity index is 0.000000561. The van der Waals surface area contributed by atoms with E-state index in [0.717, 1.165) is 0 Å². The van der Waals surface area contributed by atoms with Gasteiger partial charge in [0.15, 0.2) is 0 Å². The fraction of sp³-hybridized carbons (Fsp3) is 0.750. The lowest BCUT2D eigenvalue weighted by molar-refractivity contribution is -0.132. The lowest BCUT2D eigenvalue weighted by Gasteiger charge is -2.15. The smallest absolute Gasteiger partial charge is 0.240 e. The largest absolute Gasteiger partial charge is 0.368 e. The van der Waals surface area contributed by atoms with Crippen LogP contribution in [0.3, 0.4) is 0 Å². The van der Waals surface area contributed by atoms with Gasteiger partial charge in [0.1, 0.15) is 6.04 Å². The first kappa shape index (κ1) is 10.9. The van der Waals surface area contributed by atoms with E-state index >= 15 is 0 Å². The van der Waals surface area contributed by atoms with Crippen molar-refractivity contribution in [2.24, 2.45) is 5.73 Å². The monoisotopic (exact) mass is 172 g/mol. The van der Waals surface area contributed by atoms with E-state index in [9.17, 15) is 9.59 Å². The molecule has 2 N–H and O–H groups in total. The van der Waals surface area contributed by atoms with Gasteiger partial charge in [0, 0.05) is 13.5 Å². The number of carbonyl (C=O) groups is 2. The SMILES string of the molecule is CC.CN1C(=O)CCC1C(N)=O. The van der Waals surface area contributed by atoms with Gasteiger partial charge in [-0.05, 0) is 6.42 Å². The molecule has 1 rings (SSSR count). The van der Waals surface area contributed by atoms with Crippen molar-refractivity contribution < 1.29 is 9.59 Å². The maximum absolute atomic E-state index is 10.8. The zero-order valence-electron chi connectivity index (χ0n) is 7.83. The average molecular weight is 172 g/mol. The van der Waals surface area contributed by atoms with Crippen LogP contribution < -0.4 is 5.73 Å². The third kappa shape index (κ3) is 2.22. The van der Waals surface area contributed by atoms with Gasteiger partial charge < -0.3 is 10.6 Å². The Bertz CT molecular complexity index is 180. The first-order valence-electron chi connectivity index (χ1n) is 4.18. The van der Waals surface area contributed by atoms with Gasteiger partial charge in [0.25, 0.3) is 0 Å². The van der Waals surface area contributed by atoms with Gasteiger partial charge in [-0.1, -0.05) is 13.8 Å². The normalized spacial score (nSPS) is 21.8. The molecule has 70 valence electrons. The molecule has 4 heteroatoms. The molecule has 0 aliphatic carbocycles. The molecule has 0 bridgehead atoms. The Morgan fingerprint density at radius 2 is 2.08 bits per heavy atom. The van der Waals surface area contributed by atoms with E-state index in [-0.39, 0.29) is 11.9 Å². The summed E-state index contributed by atoms with van der Waals surface area (Å²) >= 11 is 0. The fourth-order valence-electron chi connectivity index (χ4n) is 1.14. The second-order valence-corrected chi connectivity index (χ2v) is 2.46. The average Bonchev–Trinajstić information content (AvgIpc) is 2.37. The highest BCUT2D eigenvalue weighted by Crippen LogP contribution is 2.15. The number of amides is 2. The zero-order chi connectivity index (χ0) is 9.72. The first-order valence-corrected chi connectivity index (χ1v) is 4.18. The van der Waals surface area contributed by atoms with Gasteiger partial charge >= 0.3 is 0 Å². The van der Waals surface area contributed by atoms with Crippen molar-refractivity contribution in [3.63, 3.8) is 0 Å². The molecule has 0 radical (unpaired) electrons. The number of likely N-dealkylation sites (tertiary alicyclic amines) is 1. The molecule has 1 saturated heterocycles. The minimum Gasteiger partial charge on any atom is -0.368 e. The van der Waals surface area contributed by atoms with Crippen LogP contribution in [0.2, 0.25) is 0 Å². The summed E-state index contributed by atoms with van der Waals surface area (Å²) in [6.45, 7) is 4.00. The Morgan fingerprint density at radius 1 is 1.58 bits per heavy atom. The van der Waals surface area contributed by atoms with Crippen molar-refractivity contribution in [2.75, 3.05) is 7.05 Å². The molecule has 1 heterocycles. The molecule has 12 heavy (non-hydrogen) atoms. The summed E-state index contributed by atoms with van der Waals surface area (Å²) in [5, 5.41) is 0. The molecule has 2 amide bonds. The molecule has 1 unspecified atom stereocenters. The summed E-state index contributed by atoms with van der Waals surface area (Å²) in [6, 6.07) is -0.368. The first-order chi connectivity index (χ1) is 5.63. The molecule has 0 spiro atoms.